The molecule has 0 saturated carbocycles. The standard InChI is InChI=1S/C6H9P3/c7-4-1-2-5(8)6(9)3-4/h1-3H,7-9H2. The molecule has 0 aromatic heterocycles. The highest BCUT2D eigenvalue weighted by Crippen LogP contribution is 1.93. The van der Waals surface area contributed by atoms with Crippen molar-refractivity contribution in [1.29, 1.82) is 0 Å². The minimum atomic E-state index is 1.23. The van der Waals surface area contributed by atoms with Gasteiger partial charge in [0.25, 0.3) is 0 Å². The summed E-state index contributed by atoms with van der Waals surface area (Å²) >= 11 is 0. The summed E-state index contributed by atoms with van der Waals surface area (Å²) in [7, 11) is 8.03. The molecule has 0 fully saturated rings. The average Bonchev–Trinajstić information content (AvgIpc) is 1.80. The number of hydrogen-bond acceptors (Lipinski definition) is 0. The lowest BCUT2D eigenvalue weighted by Crippen LogP contribution is -2.14. The predicted molar refractivity (Wildman–Crippen MR) is 54.5 cm³/mol. The molecule has 0 aliphatic heterocycles. The topological polar surface area (TPSA) is 0 Å². The lowest BCUT2D eigenvalue weighted by molar-refractivity contribution is 1.93. The lowest BCUT2D eigenvalue weighted by atomic mass is 10.4. The zero-order valence-corrected chi connectivity index (χ0v) is 8.43. The second-order valence-corrected chi connectivity index (χ2v) is 3.80. The summed E-state index contributed by atoms with van der Waals surface area (Å²) in [6.07, 6.45) is 0. The third kappa shape index (κ3) is 1.98. The fourth-order valence-electron chi connectivity index (χ4n) is 0.593. The van der Waals surface area contributed by atoms with Gasteiger partial charge in [0.2, 0.25) is 0 Å². The van der Waals surface area contributed by atoms with Gasteiger partial charge in [-0.15, -0.1) is 27.7 Å². The molecule has 3 unspecified atom stereocenters. The van der Waals surface area contributed by atoms with E-state index in [2.05, 4.69) is 45.9 Å². The van der Waals surface area contributed by atoms with Gasteiger partial charge in [0.05, 0.1) is 0 Å². The molecule has 0 amide bonds. The van der Waals surface area contributed by atoms with E-state index in [0.29, 0.717) is 0 Å². The third-order valence-corrected chi connectivity index (χ3v) is 2.83. The minimum Gasteiger partial charge on any atom is -0.106 e. The van der Waals surface area contributed by atoms with Crippen LogP contribution in [-0.4, -0.2) is 0 Å². The summed E-state index contributed by atoms with van der Waals surface area (Å²) in [6.45, 7) is 0. The van der Waals surface area contributed by atoms with E-state index in [1.165, 1.54) is 15.9 Å². The lowest BCUT2D eigenvalue weighted by Gasteiger charge is -1.97. The van der Waals surface area contributed by atoms with Crippen molar-refractivity contribution in [1.82, 2.24) is 0 Å². The molecular formula is C6H9P3. The molecule has 1 aromatic carbocycles. The Morgan fingerprint density at radius 2 is 1.56 bits per heavy atom. The Morgan fingerprint density at radius 1 is 0.889 bits per heavy atom. The van der Waals surface area contributed by atoms with Crippen molar-refractivity contribution in [3.8, 4) is 0 Å². The van der Waals surface area contributed by atoms with E-state index in [0.717, 1.165) is 0 Å². The van der Waals surface area contributed by atoms with Crippen LogP contribution in [0.3, 0.4) is 0 Å². The largest absolute Gasteiger partial charge is 0.106 e. The Hall–Kier alpha value is 0.510. The van der Waals surface area contributed by atoms with E-state index in [-0.39, 0.29) is 0 Å². The van der Waals surface area contributed by atoms with Crippen LogP contribution in [-0.2, 0) is 0 Å². The Labute approximate surface area is 62.4 Å². The van der Waals surface area contributed by atoms with Crippen LogP contribution in [0.2, 0.25) is 0 Å². The van der Waals surface area contributed by atoms with Gasteiger partial charge in [0, 0.05) is 0 Å². The third-order valence-electron chi connectivity index (χ3n) is 1.11. The Balaban J connectivity index is 3.17. The van der Waals surface area contributed by atoms with Gasteiger partial charge in [-0.3, -0.25) is 0 Å². The van der Waals surface area contributed by atoms with Crippen LogP contribution in [0.15, 0.2) is 18.2 Å². The molecule has 0 aliphatic rings. The van der Waals surface area contributed by atoms with Crippen LogP contribution in [0.5, 0.6) is 0 Å². The van der Waals surface area contributed by atoms with Crippen LogP contribution in [0.4, 0.5) is 0 Å². The van der Waals surface area contributed by atoms with Crippen LogP contribution in [0.25, 0.3) is 0 Å². The van der Waals surface area contributed by atoms with E-state index in [1.54, 1.807) is 0 Å². The van der Waals surface area contributed by atoms with Gasteiger partial charge in [-0.25, -0.2) is 0 Å². The molecule has 0 bridgehead atoms. The fraction of sp³-hybridized carbons (Fsp3) is 0. The van der Waals surface area contributed by atoms with Crippen LogP contribution < -0.4 is 15.9 Å². The van der Waals surface area contributed by atoms with E-state index in [4.69, 9.17) is 0 Å². The molecule has 0 N–H and O–H groups in total. The minimum absolute atomic E-state index is 1.23. The average molecular weight is 174 g/mol. The molecule has 0 saturated heterocycles. The van der Waals surface area contributed by atoms with Crippen molar-refractivity contribution in [2.75, 3.05) is 0 Å². The summed E-state index contributed by atoms with van der Waals surface area (Å²) in [5.74, 6) is 0. The number of benzene rings is 1. The molecule has 0 heterocycles. The molecule has 3 heteroatoms. The first-order valence-electron chi connectivity index (χ1n) is 2.60. The molecule has 0 radical (unpaired) electrons. The van der Waals surface area contributed by atoms with Gasteiger partial charge in [0.1, 0.15) is 0 Å². The highest BCUT2D eigenvalue weighted by molar-refractivity contribution is 7.36. The maximum atomic E-state index is 2.69. The summed E-state index contributed by atoms with van der Waals surface area (Å²) in [4.78, 5) is 0. The summed E-state index contributed by atoms with van der Waals surface area (Å²) in [5.41, 5.74) is 0. The second-order valence-electron chi connectivity index (χ2n) is 1.89. The summed E-state index contributed by atoms with van der Waals surface area (Å²) in [6, 6.07) is 6.26. The van der Waals surface area contributed by atoms with Gasteiger partial charge in [0.15, 0.2) is 0 Å². The second kappa shape index (κ2) is 3.07. The monoisotopic (exact) mass is 174 g/mol. The van der Waals surface area contributed by atoms with Crippen molar-refractivity contribution in [2.45, 2.75) is 0 Å². The molecule has 9 heavy (non-hydrogen) atoms. The molecule has 0 spiro atoms. The van der Waals surface area contributed by atoms with Gasteiger partial charge >= 0.3 is 0 Å². The van der Waals surface area contributed by atoms with Gasteiger partial charge < -0.3 is 0 Å². The first-order chi connectivity index (χ1) is 4.20. The predicted octanol–water partition coefficient (Wildman–Crippen LogP) is 0.188. The summed E-state index contributed by atoms with van der Waals surface area (Å²) in [5, 5.41) is 3.71. The van der Waals surface area contributed by atoms with E-state index >= 15 is 0 Å². The van der Waals surface area contributed by atoms with Crippen molar-refractivity contribution in [3.05, 3.63) is 18.2 Å². The molecule has 1 rings (SSSR count). The molecular weight excluding hydrogens is 165 g/mol. The van der Waals surface area contributed by atoms with Gasteiger partial charge in [-0.05, 0) is 22.0 Å². The highest BCUT2D eigenvalue weighted by atomic mass is 31.0. The zero-order chi connectivity index (χ0) is 6.85. The van der Waals surface area contributed by atoms with Crippen LogP contribution in [0.1, 0.15) is 0 Å². The molecule has 1 aromatic rings. The molecule has 0 aliphatic carbocycles. The van der Waals surface area contributed by atoms with Crippen LogP contribution >= 0.6 is 27.7 Å². The van der Waals surface area contributed by atoms with Crippen molar-refractivity contribution in [2.24, 2.45) is 0 Å². The molecule has 48 valence electrons. The van der Waals surface area contributed by atoms with Crippen molar-refractivity contribution in [3.63, 3.8) is 0 Å². The van der Waals surface area contributed by atoms with E-state index in [9.17, 15) is 0 Å². The quantitative estimate of drug-likeness (QED) is 0.492. The Kier molecular flexibility index (Phi) is 2.59. The number of hydrogen-bond donors (Lipinski definition) is 0. The van der Waals surface area contributed by atoms with Gasteiger partial charge in [-0.1, -0.05) is 12.1 Å². The maximum Gasteiger partial charge on any atom is -0.0225 e. The van der Waals surface area contributed by atoms with Crippen LogP contribution in [0, 0.1) is 0 Å². The van der Waals surface area contributed by atoms with E-state index in [1.807, 2.05) is 0 Å². The number of rotatable bonds is 0. The highest BCUT2D eigenvalue weighted by Gasteiger charge is 1.89. The van der Waals surface area contributed by atoms with Gasteiger partial charge in [-0.2, -0.15) is 0 Å². The Bertz CT molecular complexity index is 220. The van der Waals surface area contributed by atoms with Crippen molar-refractivity contribution >= 4 is 43.6 Å². The van der Waals surface area contributed by atoms with E-state index < -0.39 is 0 Å². The normalized spacial score (nSPS) is 9.67. The molecule has 0 nitrogen and oxygen atoms in total. The Morgan fingerprint density at radius 3 is 2.00 bits per heavy atom. The smallest absolute Gasteiger partial charge is 0.0225 e. The molecule has 3 atom stereocenters. The zero-order valence-electron chi connectivity index (χ0n) is 4.96. The fourth-order valence-corrected chi connectivity index (χ4v) is 1.53. The first-order valence-corrected chi connectivity index (χ1v) is 4.34. The summed E-state index contributed by atoms with van der Waals surface area (Å²) < 4.78 is 0. The maximum absolute atomic E-state index is 2.69. The first kappa shape index (κ1) is 7.62. The SMILES string of the molecule is Pc1ccc(P)c(P)c1. The van der Waals surface area contributed by atoms with Crippen molar-refractivity contribution < 1.29 is 0 Å².